The van der Waals surface area contributed by atoms with Crippen LogP contribution < -0.4 is 10.2 Å². The van der Waals surface area contributed by atoms with Crippen molar-refractivity contribution < 1.29 is 0 Å². The van der Waals surface area contributed by atoms with Crippen LogP contribution in [0.25, 0.3) is 0 Å². The van der Waals surface area contributed by atoms with Crippen LogP contribution in [-0.4, -0.2) is 29.6 Å². The lowest BCUT2D eigenvalue weighted by atomic mass is 10.1. The molecule has 0 saturated heterocycles. The maximum atomic E-state index is 4.88. The van der Waals surface area contributed by atoms with Crippen LogP contribution in [0.2, 0.25) is 0 Å². The van der Waals surface area contributed by atoms with Gasteiger partial charge in [0.05, 0.1) is 0 Å². The van der Waals surface area contributed by atoms with Crippen LogP contribution in [0.1, 0.15) is 70.2 Å². The van der Waals surface area contributed by atoms with Crippen molar-refractivity contribution in [1.29, 1.82) is 0 Å². The lowest BCUT2D eigenvalue weighted by Crippen LogP contribution is -2.30. The molecule has 1 aromatic heterocycles. The molecule has 0 aromatic carbocycles. The van der Waals surface area contributed by atoms with Gasteiger partial charge in [0.25, 0.3) is 0 Å². The van der Waals surface area contributed by atoms with E-state index in [1.165, 1.54) is 31.2 Å². The highest BCUT2D eigenvalue weighted by Gasteiger charge is 2.29. The van der Waals surface area contributed by atoms with Gasteiger partial charge in [-0.3, -0.25) is 0 Å². The quantitative estimate of drug-likeness (QED) is 0.782. The molecule has 1 atom stereocenters. The monoisotopic (exact) mass is 290 g/mol. The molecule has 1 aliphatic carbocycles. The highest BCUT2D eigenvalue weighted by Crippen LogP contribution is 2.40. The van der Waals surface area contributed by atoms with E-state index in [1.54, 1.807) is 0 Å². The largest absolute Gasteiger partial charge is 0.370 e. The zero-order chi connectivity index (χ0) is 15.4. The second-order valence-electron chi connectivity index (χ2n) is 6.33. The van der Waals surface area contributed by atoms with Crippen molar-refractivity contribution in [3.05, 3.63) is 11.4 Å². The van der Waals surface area contributed by atoms with Crippen molar-refractivity contribution in [1.82, 2.24) is 9.97 Å². The second-order valence-corrected chi connectivity index (χ2v) is 6.33. The first-order valence-electron chi connectivity index (χ1n) is 8.43. The van der Waals surface area contributed by atoms with Gasteiger partial charge in [-0.15, -0.1) is 0 Å². The van der Waals surface area contributed by atoms with E-state index < -0.39 is 0 Å². The fourth-order valence-electron chi connectivity index (χ4n) is 2.62. The van der Waals surface area contributed by atoms with Crippen molar-refractivity contribution in [2.24, 2.45) is 0 Å². The molecular formula is C17H30N4. The summed E-state index contributed by atoms with van der Waals surface area (Å²) in [5, 5.41) is 3.47. The van der Waals surface area contributed by atoms with Crippen LogP contribution in [-0.2, 0) is 0 Å². The molecule has 118 valence electrons. The smallest absolute Gasteiger partial charge is 0.137 e. The normalized spacial score (nSPS) is 15.9. The van der Waals surface area contributed by atoms with E-state index in [1.807, 2.05) is 0 Å². The fourth-order valence-corrected chi connectivity index (χ4v) is 2.62. The molecule has 0 spiro atoms. The zero-order valence-electron chi connectivity index (χ0n) is 14.2. The Bertz CT molecular complexity index is 468. The van der Waals surface area contributed by atoms with Gasteiger partial charge in [0.15, 0.2) is 0 Å². The van der Waals surface area contributed by atoms with Crippen LogP contribution in [0.4, 0.5) is 11.6 Å². The van der Waals surface area contributed by atoms with Gasteiger partial charge >= 0.3 is 0 Å². The van der Waals surface area contributed by atoms with Gasteiger partial charge in [0, 0.05) is 31.1 Å². The van der Waals surface area contributed by atoms with E-state index >= 15 is 0 Å². The topological polar surface area (TPSA) is 41.1 Å². The summed E-state index contributed by atoms with van der Waals surface area (Å²) in [6.45, 7) is 9.80. The van der Waals surface area contributed by atoms with E-state index in [2.05, 4.69) is 45.0 Å². The number of nitrogens with zero attached hydrogens (tertiary/aromatic N) is 3. The van der Waals surface area contributed by atoms with E-state index in [0.29, 0.717) is 12.0 Å². The summed E-state index contributed by atoms with van der Waals surface area (Å²) in [5.41, 5.74) is 1.18. The predicted molar refractivity (Wildman–Crippen MR) is 90.3 cm³/mol. The first-order chi connectivity index (χ1) is 10.1. The SMILES string of the molecule is CCCNc1nc(C2CC2)nc(N(C)C(C)CCC)c1C. The average Bonchev–Trinajstić information content (AvgIpc) is 3.30. The molecule has 1 aliphatic rings. The average molecular weight is 290 g/mol. The van der Waals surface area contributed by atoms with Gasteiger partial charge < -0.3 is 10.2 Å². The summed E-state index contributed by atoms with van der Waals surface area (Å²) in [4.78, 5) is 12.0. The molecular weight excluding hydrogens is 260 g/mol. The standard InChI is InChI=1S/C17H30N4/c1-6-8-12(3)21(5)17-13(4)15(18-11-7-2)19-16(20-17)14-9-10-14/h12,14H,6-11H2,1-5H3,(H,18,19,20). The Kier molecular flexibility index (Phi) is 5.43. The van der Waals surface area contributed by atoms with E-state index in [0.717, 1.165) is 30.4 Å². The summed E-state index contributed by atoms with van der Waals surface area (Å²) in [6.07, 6.45) is 5.98. The van der Waals surface area contributed by atoms with Crippen LogP contribution in [0.5, 0.6) is 0 Å². The molecule has 4 heteroatoms. The third-order valence-electron chi connectivity index (χ3n) is 4.32. The summed E-state index contributed by atoms with van der Waals surface area (Å²) < 4.78 is 0. The van der Waals surface area contributed by atoms with E-state index in [9.17, 15) is 0 Å². The predicted octanol–water partition coefficient (Wildman–Crippen LogP) is 4.11. The van der Waals surface area contributed by atoms with Gasteiger partial charge in [0.2, 0.25) is 0 Å². The number of nitrogens with one attached hydrogen (secondary N) is 1. The van der Waals surface area contributed by atoms with Crippen molar-refractivity contribution in [3.8, 4) is 0 Å². The zero-order valence-corrected chi connectivity index (χ0v) is 14.2. The third-order valence-corrected chi connectivity index (χ3v) is 4.32. The van der Waals surface area contributed by atoms with Crippen LogP contribution >= 0.6 is 0 Å². The van der Waals surface area contributed by atoms with Gasteiger partial charge in [-0.25, -0.2) is 9.97 Å². The molecule has 1 saturated carbocycles. The van der Waals surface area contributed by atoms with Crippen molar-refractivity contribution >= 4 is 11.6 Å². The van der Waals surface area contributed by atoms with Crippen LogP contribution in [0.3, 0.4) is 0 Å². The summed E-state index contributed by atoms with van der Waals surface area (Å²) >= 11 is 0. The van der Waals surface area contributed by atoms with Gasteiger partial charge in [-0.1, -0.05) is 20.3 Å². The maximum absolute atomic E-state index is 4.88. The molecule has 0 amide bonds. The van der Waals surface area contributed by atoms with Crippen molar-refractivity contribution in [2.45, 2.75) is 71.8 Å². The molecule has 1 fully saturated rings. The molecule has 1 aromatic rings. The number of anilines is 2. The summed E-state index contributed by atoms with van der Waals surface area (Å²) in [7, 11) is 2.16. The van der Waals surface area contributed by atoms with Crippen LogP contribution in [0.15, 0.2) is 0 Å². The lowest BCUT2D eigenvalue weighted by Gasteiger charge is -2.28. The lowest BCUT2D eigenvalue weighted by molar-refractivity contribution is 0.608. The Hall–Kier alpha value is -1.32. The van der Waals surface area contributed by atoms with Crippen molar-refractivity contribution in [2.75, 3.05) is 23.8 Å². The molecule has 1 N–H and O–H groups in total. The van der Waals surface area contributed by atoms with Gasteiger partial charge in [-0.05, 0) is 39.5 Å². The molecule has 1 heterocycles. The van der Waals surface area contributed by atoms with Crippen molar-refractivity contribution in [3.63, 3.8) is 0 Å². The van der Waals surface area contributed by atoms with E-state index in [-0.39, 0.29) is 0 Å². The number of rotatable bonds is 8. The Morgan fingerprint density at radius 2 is 1.95 bits per heavy atom. The first kappa shape index (κ1) is 16.1. The number of aromatic nitrogens is 2. The van der Waals surface area contributed by atoms with E-state index in [4.69, 9.17) is 9.97 Å². The summed E-state index contributed by atoms with van der Waals surface area (Å²) in [6, 6.07) is 0.509. The van der Waals surface area contributed by atoms with Crippen LogP contribution in [0, 0.1) is 6.92 Å². The molecule has 2 rings (SSSR count). The molecule has 0 aliphatic heterocycles. The second kappa shape index (κ2) is 7.10. The molecule has 1 unspecified atom stereocenters. The molecule has 21 heavy (non-hydrogen) atoms. The fraction of sp³-hybridized carbons (Fsp3) is 0.765. The third kappa shape index (κ3) is 3.86. The maximum Gasteiger partial charge on any atom is 0.137 e. The molecule has 0 radical (unpaired) electrons. The minimum Gasteiger partial charge on any atom is -0.370 e. The molecule has 4 nitrogen and oxygen atoms in total. The minimum absolute atomic E-state index is 0.509. The van der Waals surface area contributed by atoms with Gasteiger partial charge in [-0.2, -0.15) is 0 Å². The number of hydrogen-bond acceptors (Lipinski definition) is 4. The Morgan fingerprint density at radius 1 is 1.24 bits per heavy atom. The van der Waals surface area contributed by atoms with Gasteiger partial charge in [0.1, 0.15) is 17.5 Å². The summed E-state index contributed by atoms with van der Waals surface area (Å²) in [5.74, 6) is 3.75. The minimum atomic E-state index is 0.509. The Balaban J connectivity index is 2.31. The highest BCUT2D eigenvalue weighted by atomic mass is 15.2. The molecule has 0 bridgehead atoms. The Labute approximate surface area is 129 Å². The number of hydrogen-bond donors (Lipinski definition) is 1. The Morgan fingerprint density at radius 3 is 2.52 bits per heavy atom. The first-order valence-corrected chi connectivity index (χ1v) is 8.43. The highest BCUT2D eigenvalue weighted by molar-refractivity contribution is 5.59.